The van der Waals surface area contributed by atoms with E-state index in [9.17, 15) is 28.2 Å². The van der Waals surface area contributed by atoms with Gasteiger partial charge in [-0.1, -0.05) is 42.5 Å². The van der Waals surface area contributed by atoms with Crippen molar-refractivity contribution in [3.05, 3.63) is 89.2 Å². The smallest absolute Gasteiger partial charge is 0.421 e. The quantitative estimate of drug-likeness (QED) is 0.430. The fourth-order valence-corrected chi connectivity index (χ4v) is 4.97. The molecule has 0 saturated carbocycles. The third-order valence-electron chi connectivity index (χ3n) is 7.24. The maximum Gasteiger partial charge on any atom is 0.421 e. The molecular formula is C29H32F3N3O3. The van der Waals surface area contributed by atoms with E-state index in [1.54, 1.807) is 24.5 Å². The van der Waals surface area contributed by atoms with E-state index in [0.717, 1.165) is 54.4 Å². The minimum Gasteiger partial charge on any atom is -0.481 e. The van der Waals surface area contributed by atoms with E-state index in [2.05, 4.69) is 14.8 Å². The average Bonchev–Trinajstić information content (AvgIpc) is 2.85. The Morgan fingerprint density at radius 3 is 2.29 bits per heavy atom. The number of hydrogen-bond donors (Lipinski definition) is 2. The molecule has 6 nitrogen and oxygen atoms in total. The third-order valence-corrected chi connectivity index (χ3v) is 7.24. The molecule has 0 amide bonds. The Bertz CT molecular complexity index is 1250. The molecule has 2 N–H and O–H groups in total. The van der Waals surface area contributed by atoms with Gasteiger partial charge in [-0.15, -0.1) is 0 Å². The number of carboxylic acid groups (broad SMARTS) is 1. The number of nitrogens with zero attached hydrogens (tertiary/aromatic N) is 3. The highest BCUT2D eigenvalue weighted by molar-refractivity contribution is 5.68. The molecule has 2 aromatic carbocycles. The molecular weight excluding hydrogens is 495 g/mol. The van der Waals surface area contributed by atoms with Crippen molar-refractivity contribution < 1.29 is 28.2 Å². The predicted octanol–water partition coefficient (Wildman–Crippen LogP) is 4.99. The number of piperazine rings is 1. The molecule has 202 valence electrons. The summed E-state index contributed by atoms with van der Waals surface area (Å²) in [5, 5.41) is 19.4. The van der Waals surface area contributed by atoms with Gasteiger partial charge < -0.3 is 10.2 Å². The Morgan fingerprint density at radius 2 is 1.68 bits per heavy atom. The Hall–Kier alpha value is -3.27. The highest BCUT2D eigenvalue weighted by atomic mass is 19.4. The van der Waals surface area contributed by atoms with Crippen molar-refractivity contribution in [3.63, 3.8) is 0 Å². The van der Waals surface area contributed by atoms with Gasteiger partial charge in [-0.3, -0.25) is 19.6 Å². The SMILES string of the molecule is Cc1cc(CN2CCN(Cc3ccncc3)C[C@@H]2CC(=O)O)ccc1-c1ccc(C(C)(O)C(F)(F)F)cc1. The number of rotatable bonds is 8. The summed E-state index contributed by atoms with van der Waals surface area (Å²) in [4.78, 5) is 20.1. The minimum absolute atomic E-state index is 0.0535. The summed E-state index contributed by atoms with van der Waals surface area (Å²) in [6.07, 6.45) is -1.20. The largest absolute Gasteiger partial charge is 0.481 e. The number of alkyl halides is 3. The van der Waals surface area contributed by atoms with E-state index < -0.39 is 17.7 Å². The van der Waals surface area contributed by atoms with Gasteiger partial charge in [-0.2, -0.15) is 13.2 Å². The lowest BCUT2D eigenvalue weighted by Crippen LogP contribution is -2.52. The maximum absolute atomic E-state index is 13.2. The molecule has 1 unspecified atom stereocenters. The van der Waals surface area contributed by atoms with Crippen LogP contribution in [0.5, 0.6) is 0 Å². The maximum atomic E-state index is 13.2. The number of halogens is 3. The molecule has 0 aliphatic carbocycles. The highest BCUT2D eigenvalue weighted by Crippen LogP contribution is 2.39. The number of aliphatic hydroxyl groups is 1. The first-order valence-electron chi connectivity index (χ1n) is 12.5. The number of aliphatic carboxylic acids is 1. The van der Waals surface area contributed by atoms with Crippen molar-refractivity contribution in [1.82, 2.24) is 14.8 Å². The lowest BCUT2D eigenvalue weighted by molar-refractivity contribution is -0.258. The van der Waals surface area contributed by atoms with Crippen LogP contribution < -0.4 is 0 Å². The first-order chi connectivity index (χ1) is 17.9. The summed E-state index contributed by atoms with van der Waals surface area (Å²) in [5.41, 5.74) is 1.66. The van der Waals surface area contributed by atoms with E-state index in [-0.39, 0.29) is 18.0 Å². The normalized spacial score (nSPS) is 18.7. The summed E-state index contributed by atoms with van der Waals surface area (Å²) in [6, 6.07) is 15.5. The fraction of sp³-hybridized carbons (Fsp3) is 0.379. The number of aromatic nitrogens is 1. The van der Waals surface area contributed by atoms with Crippen LogP contribution in [-0.4, -0.2) is 62.8 Å². The van der Waals surface area contributed by atoms with E-state index in [1.165, 1.54) is 12.1 Å². The summed E-state index contributed by atoms with van der Waals surface area (Å²) < 4.78 is 39.5. The van der Waals surface area contributed by atoms with Crippen molar-refractivity contribution >= 4 is 5.97 Å². The summed E-state index contributed by atoms with van der Waals surface area (Å²) in [7, 11) is 0. The number of carboxylic acids is 1. The lowest BCUT2D eigenvalue weighted by atomic mass is 9.92. The minimum atomic E-state index is -4.77. The van der Waals surface area contributed by atoms with Crippen LogP contribution in [0.4, 0.5) is 13.2 Å². The molecule has 0 bridgehead atoms. The second-order valence-electron chi connectivity index (χ2n) is 10.1. The molecule has 38 heavy (non-hydrogen) atoms. The molecule has 1 fully saturated rings. The number of aryl methyl sites for hydroxylation is 1. The van der Waals surface area contributed by atoms with E-state index in [1.807, 2.05) is 37.3 Å². The number of pyridine rings is 1. The Morgan fingerprint density at radius 1 is 1.00 bits per heavy atom. The number of hydrogen-bond acceptors (Lipinski definition) is 5. The Labute approximate surface area is 220 Å². The number of benzene rings is 2. The first-order valence-corrected chi connectivity index (χ1v) is 12.5. The van der Waals surface area contributed by atoms with Crippen molar-refractivity contribution in [1.29, 1.82) is 0 Å². The monoisotopic (exact) mass is 527 g/mol. The van der Waals surface area contributed by atoms with Crippen LogP contribution in [0.25, 0.3) is 11.1 Å². The van der Waals surface area contributed by atoms with Gasteiger partial charge in [0.1, 0.15) is 0 Å². The summed E-state index contributed by atoms with van der Waals surface area (Å²) in [5.74, 6) is -0.828. The molecule has 2 atom stereocenters. The van der Waals surface area contributed by atoms with Crippen molar-refractivity contribution in [2.45, 2.75) is 51.2 Å². The van der Waals surface area contributed by atoms with Gasteiger partial charge >= 0.3 is 12.1 Å². The molecule has 4 rings (SSSR count). The topological polar surface area (TPSA) is 76.9 Å². The molecule has 9 heteroatoms. The molecule has 2 heterocycles. The summed E-state index contributed by atoms with van der Waals surface area (Å²) in [6.45, 7) is 6.26. The molecule has 3 aromatic rings. The lowest BCUT2D eigenvalue weighted by Gasteiger charge is -2.41. The van der Waals surface area contributed by atoms with E-state index in [4.69, 9.17) is 0 Å². The third kappa shape index (κ3) is 6.40. The summed E-state index contributed by atoms with van der Waals surface area (Å²) >= 11 is 0. The molecule has 0 spiro atoms. The van der Waals surface area contributed by atoms with Crippen LogP contribution >= 0.6 is 0 Å². The van der Waals surface area contributed by atoms with Crippen molar-refractivity contribution in [2.75, 3.05) is 19.6 Å². The standard InChI is InChI=1S/C29H32F3N3O3/c1-20-15-22(3-8-26(20)23-4-6-24(7-5-23)28(2,38)29(30,31)32)18-35-14-13-34(19-25(35)16-27(36)37)17-21-9-11-33-12-10-21/h3-12,15,25,38H,13-14,16-19H2,1-2H3,(H,36,37)/t25-,28?/m0/s1. The van der Waals surface area contributed by atoms with E-state index >= 15 is 0 Å². The van der Waals surface area contributed by atoms with Gasteiger partial charge in [-0.25, -0.2) is 0 Å². The molecule has 1 aromatic heterocycles. The molecule has 1 aliphatic rings. The zero-order valence-corrected chi connectivity index (χ0v) is 21.4. The second-order valence-corrected chi connectivity index (χ2v) is 10.1. The van der Waals surface area contributed by atoms with Gasteiger partial charge in [0.15, 0.2) is 5.60 Å². The van der Waals surface area contributed by atoms with Gasteiger partial charge in [0, 0.05) is 51.2 Å². The Kier molecular flexibility index (Phi) is 8.20. The van der Waals surface area contributed by atoms with Gasteiger partial charge in [0.2, 0.25) is 0 Å². The molecule has 1 aliphatic heterocycles. The highest BCUT2D eigenvalue weighted by Gasteiger charge is 2.51. The predicted molar refractivity (Wildman–Crippen MR) is 138 cm³/mol. The average molecular weight is 528 g/mol. The zero-order valence-electron chi connectivity index (χ0n) is 21.4. The van der Waals surface area contributed by atoms with Crippen molar-refractivity contribution in [2.24, 2.45) is 0 Å². The van der Waals surface area contributed by atoms with E-state index in [0.29, 0.717) is 13.1 Å². The fourth-order valence-electron chi connectivity index (χ4n) is 4.97. The van der Waals surface area contributed by atoms with Gasteiger partial charge in [0.05, 0.1) is 6.42 Å². The van der Waals surface area contributed by atoms with Crippen LogP contribution in [0.3, 0.4) is 0 Å². The van der Waals surface area contributed by atoms with Gasteiger partial charge in [0.25, 0.3) is 0 Å². The Balaban J connectivity index is 1.46. The van der Waals surface area contributed by atoms with Crippen LogP contribution in [0.2, 0.25) is 0 Å². The van der Waals surface area contributed by atoms with Gasteiger partial charge in [-0.05, 0) is 59.4 Å². The molecule has 1 saturated heterocycles. The molecule has 0 radical (unpaired) electrons. The van der Waals surface area contributed by atoms with Crippen LogP contribution in [0.15, 0.2) is 67.0 Å². The first kappa shape index (κ1) is 27.8. The number of carbonyl (C=O) groups is 1. The van der Waals surface area contributed by atoms with Crippen LogP contribution in [-0.2, 0) is 23.5 Å². The van der Waals surface area contributed by atoms with Crippen molar-refractivity contribution in [3.8, 4) is 11.1 Å². The second kappa shape index (κ2) is 11.2. The zero-order chi connectivity index (χ0) is 27.5. The van der Waals surface area contributed by atoms with Crippen LogP contribution in [0, 0.1) is 6.92 Å². The van der Waals surface area contributed by atoms with Crippen LogP contribution in [0.1, 0.15) is 35.6 Å².